The zero-order valence-corrected chi connectivity index (χ0v) is 18.1. The molecule has 0 amide bonds. The molecule has 0 bridgehead atoms. The largest absolute Gasteiger partial charge is 0.422 e. The summed E-state index contributed by atoms with van der Waals surface area (Å²) in [7, 11) is -1.67. The molecule has 1 aliphatic rings. The van der Waals surface area contributed by atoms with Crippen molar-refractivity contribution in [1.29, 1.82) is 0 Å². The smallest absolute Gasteiger partial charge is 0.331 e. The zero-order chi connectivity index (χ0) is 22.2. The molecular weight excluding hydrogens is 401 g/mol. The van der Waals surface area contributed by atoms with Crippen LogP contribution >= 0.6 is 0 Å². The van der Waals surface area contributed by atoms with E-state index in [1.165, 1.54) is 39.0 Å². The van der Waals surface area contributed by atoms with Gasteiger partial charge in [-0.2, -0.15) is 0 Å². The first kappa shape index (κ1) is 23.2. The van der Waals surface area contributed by atoms with Crippen LogP contribution in [-0.4, -0.2) is 32.5 Å². The monoisotopic (exact) mass is 427 g/mol. The number of ether oxygens (including phenoxy) is 2. The zero-order valence-electron chi connectivity index (χ0n) is 17.3. The second kappa shape index (κ2) is 7.95. The Morgan fingerprint density at radius 2 is 1.66 bits per heavy atom. The van der Waals surface area contributed by atoms with Gasteiger partial charge in [-0.3, -0.25) is 14.4 Å². The van der Waals surface area contributed by atoms with E-state index >= 15 is 0 Å². The fourth-order valence-electron chi connectivity index (χ4n) is 2.89. The summed E-state index contributed by atoms with van der Waals surface area (Å²) in [6.45, 7) is 9.41. The second-order valence-electron chi connectivity index (χ2n) is 8.61. The molecule has 0 spiro atoms. The molecule has 0 aliphatic carbocycles. The maximum absolute atomic E-state index is 14.5. The van der Waals surface area contributed by atoms with Gasteiger partial charge in [0.2, 0.25) is 5.92 Å². The average molecular weight is 427 g/mol. The molecule has 1 N–H and O–H groups in total. The average Bonchev–Trinajstić information content (AvgIpc) is 2.51. The first-order chi connectivity index (χ1) is 13.2. The highest BCUT2D eigenvalue weighted by Gasteiger charge is 2.49. The predicted octanol–water partition coefficient (Wildman–Crippen LogP) is 2.50. The SMILES string of the molecule is CC1(C)OC(=O)C(C(=O)C[C@](C)(N[S@@](=O)C(C)(C)C)c2ccccc2F)C(=O)O1. The van der Waals surface area contributed by atoms with E-state index in [4.69, 9.17) is 9.47 Å². The Bertz CT molecular complexity index is 843. The van der Waals surface area contributed by atoms with Crippen LogP contribution in [0.2, 0.25) is 0 Å². The number of carbonyl (C=O) groups is 3. The molecule has 2 rings (SSSR count). The minimum absolute atomic E-state index is 0.0869. The molecule has 1 fully saturated rings. The van der Waals surface area contributed by atoms with Crippen LogP contribution in [0.15, 0.2) is 24.3 Å². The van der Waals surface area contributed by atoms with Crippen LogP contribution < -0.4 is 4.72 Å². The van der Waals surface area contributed by atoms with Gasteiger partial charge in [0.15, 0.2) is 5.78 Å². The number of ketones is 1. The van der Waals surface area contributed by atoms with Crippen LogP contribution in [0.3, 0.4) is 0 Å². The molecule has 7 nitrogen and oxygen atoms in total. The van der Waals surface area contributed by atoms with Gasteiger partial charge in [-0.15, -0.1) is 0 Å². The molecule has 1 aromatic carbocycles. The molecule has 1 aromatic rings. The van der Waals surface area contributed by atoms with Gasteiger partial charge in [0.05, 0.1) is 21.3 Å². The molecular formula is C20H26FNO6S. The maximum atomic E-state index is 14.5. The number of esters is 2. The van der Waals surface area contributed by atoms with Gasteiger partial charge >= 0.3 is 11.9 Å². The lowest BCUT2D eigenvalue weighted by Gasteiger charge is -2.36. The van der Waals surface area contributed by atoms with Gasteiger partial charge in [-0.05, 0) is 33.8 Å². The van der Waals surface area contributed by atoms with E-state index in [1.54, 1.807) is 26.8 Å². The van der Waals surface area contributed by atoms with E-state index in [0.29, 0.717) is 0 Å². The standard InChI is InChI=1S/C20H26FNO6S/c1-18(2,3)29(26)22-20(6,12-9-7-8-10-13(12)21)11-14(23)15-16(24)27-19(4,5)28-17(15)25/h7-10,15,22H,11H2,1-6H3/t20-,29-/m0/s1. The molecule has 1 aliphatic heterocycles. The lowest BCUT2D eigenvalue weighted by molar-refractivity contribution is -0.238. The number of cyclic esters (lactones) is 2. The minimum Gasteiger partial charge on any atom is -0.422 e. The molecule has 1 saturated heterocycles. The molecule has 0 saturated carbocycles. The Labute approximate surface area is 171 Å². The fourth-order valence-corrected chi connectivity index (χ4v) is 3.78. The van der Waals surface area contributed by atoms with E-state index < -0.39 is 62.9 Å². The van der Waals surface area contributed by atoms with Crippen molar-refractivity contribution in [3.63, 3.8) is 0 Å². The number of nitrogens with one attached hydrogen (secondary N) is 1. The summed E-state index contributed by atoms with van der Waals surface area (Å²) in [4.78, 5) is 37.4. The molecule has 2 atom stereocenters. The van der Waals surface area contributed by atoms with Gasteiger partial charge in [-0.25, -0.2) is 13.3 Å². The summed E-state index contributed by atoms with van der Waals surface area (Å²) in [6.07, 6.45) is -0.481. The third-order valence-electron chi connectivity index (χ3n) is 4.36. The van der Waals surface area contributed by atoms with Crippen molar-refractivity contribution < 1.29 is 32.5 Å². The topological polar surface area (TPSA) is 98.8 Å². The summed E-state index contributed by atoms with van der Waals surface area (Å²) in [5.74, 6) is -6.73. The first-order valence-electron chi connectivity index (χ1n) is 9.09. The highest BCUT2D eigenvalue weighted by atomic mass is 32.2. The second-order valence-corrected chi connectivity index (χ2v) is 10.6. The number of benzene rings is 1. The van der Waals surface area contributed by atoms with Crippen LogP contribution in [0.5, 0.6) is 0 Å². The third-order valence-corrected chi connectivity index (χ3v) is 6.10. The Hall–Kier alpha value is -2.13. The maximum Gasteiger partial charge on any atom is 0.331 e. The van der Waals surface area contributed by atoms with Crippen molar-refractivity contribution in [2.45, 2.75) is 64.0 Å². The molecule has 160 valence electrons. The summed E-state index contributed by atoms with van der Waals surface area (Å²) < 4.78 is 39.4. The van der Waals surface area contributed by atoms with E-state index in [0.717, 1.165) is 0 Å². The Kier molecular flexibility index (Phi) is 6.34. The number of halogens is 1. The summed E-state index contributed by atoms with van der Waals surface area (Å²) in [5.41, 5.74) is -1.36. The number of hydrogen-bond acceptors (Lipinski definition) is 6. The van der Waals surface area contributed by atoms with Crippen LogP contribution in [0.4, 0.5) is 4.39 Å². The van der Waals surface area contributed by atoms with E-state index in [2.05, 4.69) is 4.72 Å². The van der Waals surface area contributed by atoms with Crippen molar-refractivity contribution >= 4 is 28.7 Å². The van der Waals surface area contributed by atoms with Crippen LogP contribution in [0, 0.1) is 11.7 Å². The normalized spacial score (nSPS) is 20.4. The van der Waals surface area contributed by atoms with Crippen molar-refractivity contribution in [3.05, 3.63) is 35.6 Å². The van der Waals surface area contributed by atoms with Crippen LogP contribution in [0.1, 0.15) is 53.5 Å². The lowest BCUT2D eigenvalue weighted by Crippen LogP contribution is -2.52. The van der Waals surface area contributed by atoms with Gasteiger partial charge in [0, 0.05) is 25.8 Å². The highest BCUT2D eigenvalue weighted by Crippen LogP contribution is 2.32. The fraction of sp³-hybridized carbons (Fsp3) is 0.550. The molecule has 9 heteroatoms. The first-order valence-corrected chi connectivity index (χ1v) is 10.2. The Morgan fingerprint density at radius 3 is 2.14 bits per heavy atom. The molecule has 0 aromatic heterocycles. The van der Waals surface area contributed by atoms with Gasteiger partial charge in [0.25, 0.3) is 5.79 Å². The van der Waals surface area contributed by atoms with Gasteiger partial charge in [0.1, 0.15) is 5.82 Å². The molecule has 0 unspecified atom stereocenters. The predicted molar refractivity (Wildman–Crippen MR) is 104 cm³/mol. The summed E-state index contributed by atoms with van der Waals surface area (Å²) in [6, 6.07) is 5.73. The van der Waals surface area contributed by atoms with Crippen molar-refractivity contribution in [2.75, 3.05) is 0 Å². The molecule has 0 radical (unpaired) electrons. The van der Waals surface area contributed by atoms with Gasteiger partial charge in [-0.1, -0.05) is 18.2 Å². The van der Waals surface area contributed by atoms with Crippen LogP contribution in [0.25, 0.3) is 0 Å². The van der Waals surface area contributed by atoms with E-state index in [9.17, 15) is 23.0 Å². The Balaban J connectivity index is 2.39. The molecule has 29 heavy (non-hydrogen) atoms. The van der Waals surface area contributed by atoms with Crippen molar-refractivity contribution in [1.82, 2.24) is 4.72 Å². The summed E-state index contributed by atoms with van der Waals surface area (Å²) >= 11 is 0. The summed E-state index contributed by atoms with van der Waals surface area (Å²) in [5, 5.41) is 0. The number of hydrogen-bond donors (Lipinski definition) is 1. The minimum atomic E-state index is -1.78. The van der Waals surface area contributed by atoms with Crippen molar-refractivity contribution in [3.8, 4) is 0 Å². The lowest BCUT2D eigenvalue weighted by atomic mass is 9.84. The third kappa shape index (κ3) is 5.27. The van der Waals surface area contributed by atoms with Gasteiger partial charge < -0.3 is 9.47 Å². The number of Topliss-reactive ketones (excluding diaryl/α,β-unsaturated/α-hetero) is 1. The highest BCUT2D eigenvalue weighted by molar-refractivity contribution is 7.84. The van der Waals surface area contributed by atoms with E-state index in [1.807, 2.05) is 0 Å². The van der Waals surface area contributed by atoms with E-state index in [-0.39, 0.29) is 5.56 Å². The van der Waals surface area contributed by atoms with Crippen molar-refractivity contribution in [2.24, 2.45) is 5.92 Å². The number of rotatable bonds is 6. The number of carbonyl (C=O) groups excluding carboxylic acids is 3. The molecule has 1 heterocycles. The van der Waals surface area contributed by atoms with Crippen LogP contribution in [-0.2, 0) is 40.4 Å². The quantitative estimate of drug-likeness (QED) is 0.553. The Morgan fingerprint density at radius 1 is 1.14 bits per heavy atom.